The van der Waals surface area contributed by atoms with E-state index in [-0.39, 0.29) is 6.54 Å². The van der Waals surface area contributed by atoms with Crippen LogP contribution in [0.15, 0.2) is 0 Å². The van der Waals surface area contributed by atoms with Crippen molar-refractivity contribution < 1.29 is 19.5 Å². The summed E-state index contributed by atoms with van der Waals surface area (Å²) in [7, 11) is 0. The molecule has 0 bridgehead atoms. The van der Waals surface area contributed by atoms with Crippen LogP contribution < -0.4 is 10.6 Å². The molecule has 11 heavy (non-hydrogen) atoms. The van der Waals surface area contributed by atoms with Gasteiger partial charge in [0, 0.05) is 0 Å². The molecule has 0 atom stereocenters. The van der Waals surface area contributed by atoms with Gasteiger partial charge in [0.05, 0.1) is 6.54 Å². The minimum atomic E-state index is -1.13. The molecule has 6 nitrogen and oxygen atoms in total. The molecule has 0 unspecified atom stereocenters. The number of amides is 2. The van der Waals surface area contributed by atoms with Gasteiger partial charge in [-0.15, -0.1) is 0 Å². The molecule has 0 heterocycles. The van der Waals surface area contributed by atoms with E-state index in [0.717, 1.165) is 0 Å². The molecule has 0 aromatic rings. The molecule has 0 rings (SSSR count). The Balaban J connectivity index is 3.37. The topological polar surface area (TPSA) is 95.5 Å². The molecular formula is C5H8N2O4. The van der Waals surface area contributed by atoms with Gasteiger partial charge in [-0.05, 0) is 0 Å². The maximum atomic E-state index is 10.5. The zero-order valence-electron chi connectivity index (χ0n) is 5.66. The fourth-order valence-corrected chi connectivity index (χ4v) is 0.353. The molecule has 0 aliphatic rings. The number of carboxylic acids is 1. The molecular weight excluding hydrogens is 152 g/mol. The highest BCUT2D eigenvalue weighted by Gasteiger charge is 2.00. The van der Waals surface area contributed by atoms with Crippen LogP contribution in [-0.4, -0.2) is 36.5 Å². The Bertz CT molecular complexity index is 168. The van der Waals surface area contributed by atoms with Crippen molar-refractivity contribution in [2.45, 2.75) is 0 Å². The Labute approximate surface area is 62.6 Å². The molecule has 0 radical (unpaired) electrons. The number of carboxylic acid groups (broad SMARTS) is 1. The lowest BCUT2D eigenvalue weighted by molar-refractivity contribution is -0.135. The molecule has 0 saturated heterocycles. The fourth-order valence-electron chi connectivity index (χ4n) is 0.353. The maximum Gasteiger partial charge on any atom is 0.323 e. The third kappa shape index (κ3) is 6.29. The van der Waals surface area contributed by atoms with E-state index in [2.05, 4.69) is 5.32 Å². The van der Waals surface area contributed by atoms with Crippen LogP contribution in [0, 0.1) is 0 Å². The largest absolute Gasteiger partial charge is 0.480 e. The van der Waals surface area contributed by atoms with Crippen molar-refractivity contribution in [3.63, 3.8) is 0 Å². The third-order valence-corrected chi connectivity index (χ3v) is 0.746. The van der Waals surface area contributed by atoms with Crippen molar-refractivity contribution in [2.75, 3.05) is 13.1 Å². The van der Waals surface area contributed by atoms with E-state index in [1.165, 1.54) is 0 Å². The van der Waals surface area contributed by atoms with Crippen LogP contribution in [0.5, 0.6) is 0 Å². The van der Waals surface area contributed by atoms with Gasteiger partial charge in [-0.3, -0.25) is 4.79 Å². The van der Waals surface area contributed by atoms with Gasteiger partial charge in [-0.25, -0.2) is 4.79 Å². The number of aldehydes is 1. The van der Waals surface area contributed by atoms with Gasteiger partial charge in [0.25, 0.3) is 0 Å². The van der Waals surface area contributed by atoms with Crippen LogP contribution in [-0.2, 0) is 9.59 Å². The summed E-state index contributed by atoms with van der Waals surface area (Å²) >= 11 is 0. The Morgan fingerprint density at radius 3 is 2.45 bits per heavy atom. The molecule has 0 fully saturated rings. The van der Waals surface area contributed by atoms with Gasteiger partial charge in [0.15, 0.2) is 0 Å². The Morgan fingerprint density at radius 2 is 2.00 bits per heavy atom. The van der Waals surface area contributed by atoms with Gasteiger partial charge in [0.1, 0.15) is 12.8 Å². The molecule has 0 aromatic heterocycles. The molecule has 2 amide bonds. The van der Waals surface area contributed by atoms with E-state index in [1.807, 2.05) is 5.32 Å². The number of urea groups is 1. The smallest absolute Gasteiger partial charge is 0.323 e. The first-order chi connectivity index (χ1) is 5.16. The Kier molecular flexibility index (Phi) is 4.46. The molecule has 62 valence electrons. The summed E-state index contributed by atoms with van der Waals surface area (Å²) in [6.45, 7) is -0.573. The summed E-state index contributed by atoms with van der Waals surface area (Å²) < 4.78 is 0. The standard InChI is InChI=1S/C5H8N2O4/c8-2-1-6-5(11)7-3-4(9)10/h2H,1,3H2,(H,9,10)(H2,6,7,11). The average Bonchev–Trinajstić information content (AvgIpc) is 1.97. The number of carbonyl (C=O) groups excluding carboxylic acids is 2. The second-order valence-electron chi connectivity index (χ2n) is 1.62. The van der Waals surface area contributed by atoms with Crippen LogP contribution in [0.3, 0.4) is 0 Å². The maximum absolute atomic E-state index is 10.5. The number of aliphatic carboxylic acids is 1. The van der Waals surface area contributed by atoms with E-state index in [4.69, 9.17) is 5.11 Å². The fraction of sp³-hybridized carbons (Fsp3) is 0.400. The summed E-state index contributed by atoms with van der Waals surface area (Å²) in [5.74, 6) is -1.13. The summed E-state index contributed by atoms with van der Waals surface area (Å²) in [5.41, 5.74) is 0. The zero-order valence-corrected chi connectivity index (χ0v) is 5.66. The van der Waals surface area contributed by atoms with Crippen LogP contribution in [0.4, 0.5) is 4.79 Å². The molecule has 0 aliphatic heterocycles. The Morgan fingerprint density at radius 1 is 1.36 bits per heavy atom. The number of nitrogens with one attached hydrogen (secondary N) is 2. The Hall–Kier alpha value is -1.59. The molecule has 6 heteroatoms. The molecule has 0 aromatic carbocycles. The summed E-state index contributed by atoms with van der Waals surface area (Å²) in [5, 5.41) is 12.2. The number of hydrogen-bond donors (Lipinski definition) is 3. The van der Waals surface area contributed by atoms with Crippen molar-refractivity contribution in [1.82, 2.24) is 10.6 Å². The molecule has 0 spiro atoms. The molecule has 3 N–H and O–H groups in total. The normalized spacial score (nSPS) is 8.36. The lowest BCUT2D eigenvalue weighted by Crippen LogP contribution is -2.39. The van der Waals surface area contributed by atoms with Gasteiger partial charge >= 0.3 is 12.0 Å². The molecule has 0 saturated carbocycles. The third-order valence-electron chi connectivity index (χ3n) is 0.746. The quantitative estimate of drug-likeness (QED) is 0.439. The van der Waals surface area contributed by atoms with E-state index >= 15 is 0 Å². The van der Waals surface area contributed by atoms with Gasteiger partial charge in [-0.2, -0.15) is 0 Å². The van der Waals surface area contributed by atoms with E-state index in [9.17, 15) is 14.4 Å². The lowest BCUT2D eigenvalue weighted by Gasteiger charge is -2.00. The number of hydrogen-bond acceptors (Lipinski definition) is 3. The average molecular weight is 160 g/mol. The summed E-state index contributed by atoms with van der Waals surface area (Å²) in [4.78, 5) is 30.0. The van der Waals surface area contributed by atoms with Crippen LogP contribution in [0.1, 0.15) is 0 Å². The van der Waals surface area contributed by atoms with Crippen molar-refractivity contribution in [2.24, 2.45) is 0 Å². The van der Waals surface area contributed by atoms with Crippen molar-refractivity contribution in [3.05, 3.63) is 0 Å². The molecule has 0 aliphatic carbocycles. The second-order valence-corrected chi connectivity index (χ2v) is 1.62. The lowest BCUT2D eigenvalue weighted by atomic mass is 10.6. The van der Waals surface area contributed by atoms with E-state index < -0.39 is 18.5 Å². The van der Waals surface area contributed by atoms with Crippen molar-refractivity contribution >= 4 is 18.3 Å². The van der Waals surface area contributed by atoms with Crippen LogP contribution in [0.25, 0.3) is 0 Å². The zero-order chi connectivity index (χ0) is 8.69. The number of carbonyl (C=O) groups is 3. The van der Waals surface area contributed by atoms with Crippen LogP contribution in [0.2, 0.25) is 0 Å². The van der Waals surface area contributed by atoms with Crippen molar-refractivity contribution in [3.8, 4) is 0 Å². The second kappa shape index (κ2) is 5.21. The van der Waals surface area contributed by atoms with Gasteiger partial charge in [-0.1, -0.05) is 0 Å². The monoisotopic (exact) mass is 160 g/mol. The predicted octanol–water partition coefficient (Wildman–Crippen LogP) is -1.43. The summed E-state index contributed by atoms with van der Waals surface area (Å²) in [6.07, 6.45) is 0.500. The first-order valence-corrected chi connectivity index (χ1v) is 2.84. The minimum Gasteiger partial charge on any atom is -0.480 e. The van der Waals surface area contributed by atoms with Crippen LogP contribution >= 0.6 is 0 Å². The van der Waals surface area contributed by atoms with Crippen molar-refractivity contribution in [1.29, 1.82) is 0 Å². The minimum absolute atomic E-state index is 0.120. The highest BCUT2D eigenvalue weighted by Crippen LogP contribution is 1.63. The summed E-state index contributed by atoms with van der Waals surface area (Å²) in [6, 6.07) is -0.667. The van der Waals surface area contributed by atoms with Gasteiger partial charge in [0.2, 0.25) is 0 Å². The SMILES string of the molecule is O=CCNC(=O)NCC(=O)O. The van der Waals surface area contributed by atoms with Gasteiger partial charge < -0.3 is 20.5 Å². The first-order valence-electron chi connectivity index (χ1n) is 2.84. The first kappa shape index (κ1) is 9.41. The highest BCUT2D eigenvalue weighted by atomic mass is 16.4. The number of rotatable bonds is 4. The van der Waals surface area contributed by atoms with E-state index in [0.29, 0.717) is 6.29 Å². The predicted molar refractivity (Wildman–Crippen MR) is 35.1 cm³/mol. The van der Waals surface area contributed by atoms with E-state index in [1.54, 1.807) is 0 Å². The highest BCUT2D eigenvalue weighted by molar-refractivity contribution is 5.81.